The quantitative estimate of drug-likeness (QED) is 0.0844. The van der Waals surface area contributed by atoms with E-state index in [1.165, 1.54) is 0 Å². The Morgan fingerprint density at radius 1 is 0.918 bits per heavy atom. The maximum atomic E-state index is 12.7. The molecule has 256 valence electrons. The first kappa shape index (κ1) is 35.5. The van der Waals surface area contributed by atoms with E-state index in [0.29, 0.717) is 30.8 Å². The predicted octanol–water partition coefficient (Wildman–Crippen LogP) is 6.52. The zero-order valence-electron chi connectivity index (χ0n) is 28.0. The number of para-hydroxylation sites is 2. The van der Waals surface area contributed by atoms with E-state index in [2.05, 4.69) is 41.3 Å². The standard InChI is InChI=1S/C40H46N4O5/c1-3-23-44(2)26-33-24-37(30-17-15-28(27-45)16-18-30)49-40(48-33)31-21-19-29(20-22-31)34-10-5-4-9-32(34)25-42-38(46)13-8-14-39(47)43-36-12-7-6-11-35(36)41/h3-7,9-12,15-22,33,37,40,45H,1,8,13-14,23-27,41H2,2H3,(H,42,46)(H,43,47)/t33-,37+,40+/m1/s1. The van der Waals surface area contributed by atoms with Crippen LogP contribution in [0.5, 0.6) is 0 Å². The molecular formula is C40H46N4O5. The highest BCUT2D eigenvalue weighted by Gasteiger charge is 2.32. The Morgan fingerprint density at radius 2 is 1.61 bits per heavy atom. The number of nitrogen functional groups attached to an aromatic ring is 1. The van der Waals surface area contributed by atoms with Crippen molar-refractivity contribution in [2.75, 3.05) is 31.2 Å². The number of anilines is 2. The van der Waals surface area contributed by atoms with E-state index < -0.39 is 6.29 Å². The van der Waals surface area contributed by atoms with Gasteiger partial charge in [-0.15, -0.1) is 6.58 Å². The molecule has 1 aliphatic rings. The molecule has 4 aromatic rings. The third-order valence-corrected chi connectivity index (χ3v) is 8.60. The molecule has 0 spiro atoms. The molecule has 5 N–H and O–H groups in total. The highest BCUT2D eigenvalue weighted by molar-refractivity contribution is 5.94. The average molecular weight is 663 g/mol. The van der Waals surface area contributed by atoms with Gasteiger partial charge in [0.25, 0.3) is 0 Å². The lowest BCUT2D eigenvalue weighted by Gasteiger charge is -2.37. The number of rotatable bonds is 15. The number of hydrogen-bond donors (Lipinski definition) is 4. The van der Waals surface area contributed by atoms with Crippen molar-refractivity contribution in [3.05, 3.63) is 132 Å². The summed E-state index contributed by atoms with van der Waals surface area (Å²) in [6, 6.07) is 31.1. The number of aliphatic hydroxyl groups is 1. The van der Waals surface area contributed by atoms with Gasteiger partial charge in [0, 0.05) is 44.5 Å². The van der Waals surface area contributed by atoms with Crippen LogP contribution in [0.3, 0.4) is 0 Å². The number of amides is 2. The lowest BCUT2D eigenvalue weighted by atomic mass is 9.97. The van der Waals surface area contributed by atoms with Crippen LogP contribution >= 0.6 is 0 Å². The van der Waals surface area contributed by atoms with E-state index in [4.69, 9.17) is 15.2 Å². The lowest BCUT2D eigenvalue weighted by Crippen LogP contribution is -2.37. The minimum absolute atomic E-state index is 0.000563. The predicted molar refractivity (Wildman–Crippen MR) is 193 cm³/mol. The fourth-order valence-electron chi connectivity index (χ4n) is 5.97. The van der Waals surface area contributed by atoms with Gasteiger partial charge in [-0.25, -0.2) is 0 Å². The molecule has 0 aliphatic carbocycles. The van der Waals surface area contributed by atoms with Crippen LogP contribution < -0.4 is 16.4 Å². The van der Waals surface area contributed by atoms with Gasteiger partial charge in [0.1, 0.15) is 0 Å². The van der Waals surface area contributed by atoms with Crippen LogP contribution in [0, 0.1) is 0 Å². The molecule has 49 heavy (non-hydrogen) atoms. The molecule has 9 heteroatoms. The normalized spacial score (nSPS) is 17.4. The Bertz CT molecular complexity index is 1690. The van der Waals surface area contributed by atoms with Crippen LogP contribution in [-0.2, 0) is 32.2 Å². The number of carbonyl (C=O) groups excluding carboxylic acids is 2. The second-order valence-corrected chi connectivity index (χ2v) is 12.4. The molecule has 1 saturated heterocycles. The zero-order valence-corrected chi connectivity index (χ0v) is 28.0. The van der Waals surface area contributed by atoms with Gasteiger partial charge < -0.3 is 35.8 Å². The Kier molecular flexibility index (Phi) is 12.7. The van der Waals surface area contributed by atoms with Gasteiger partial charge in [0.05, 0.1) is 30.2 Å². The Balaban J connectivity index is 1.20. The van der Waals surface area contributed by atoms with Crippen LogP contribution in [-0.4, -0.2) is 48.1 Å². The summed E-state index contributed by atoms with van der Waals surface area (Å²) in [6.07, 6.45) is 2.74. The van der Waals surface area contributed by atoms with Crippen molar-refractivity contribution in [1.29, 1.82) is 0 Å². The summed E-state index contributed by atoms with van der Waals surface area (Å²) in [5.41, 5.74) is 12.8. The van der Waals surface area contributed by atoms with Crippen LogP contribution in [0.25, 0.3) is 11.1 Å². The summed E-state index contributed by atoms with van der Waals surface area (Å²) >= 11 is 0. The van der Waals surface area contributed by atoms with E-state index >= 15 is 0 Å². The third-order valence-electron chi connectivity index (χ3n) is 8.60. The van der Waals surface area contributed by atoms with Crippen LogP contribution in [0.1, 0.15) is 60.3 Å². The van der Waals surface area contributed by atoms with Crippen molar-refractivity contribution >= 4 is 23.2 Å². The van der Waals surface area contributed by atoms with E-state index in [1.807, 2.05) is 78.9 Å². The van der Waals surface area contributed by atoms with Gasteiger partial charge in [0.15, 0.2) is 6.29 Å². The number of nitrogens with one attached hydrogen (secondary N) is 2. The molecule has 1 fully saturated rings. The van der Waals surface area contributed by atoms with Crippen molar-refractivity contribution in [3.8, 4) is 11.1 Å². The van der Waals surface area contributed by atoms with Crippen molar-refractivity contribution < 1.29 is 24.2 Å². The topological polar surface area (TPSA) is 126 Å². The van der Waals surface area contributed by atoms with E-state index in [0.717, 1.165) is 46.5 Å². The van der Waals surface area contributed by atoms with Crippen molar-refractivity contribution in [3.63, 3.8) is 0 Å². The monoisotopic (exact) mass is 662 g/mol. The molecule has 0 radical (unpaired) electrons. The van der Waals surface area contributed by atoms with Gasteiger partial charge in [-0.05, 0) is 53.4 Å². The smallest absolute Gasteiger partial charge is 0.224 e. The number of nitrogens with two attached hydrogens (primary N) is 1. The van der Waals surface area contributed by atoms with E-state index in [-0.39, 0.29) is 43.5 Å². The van der Waals surface area contributed by atoms with Gasteiger partial charge in [-0.2, -0.15) is 0 Å². The highest BCUT2D eigenvalue weighted by atomic mass is 16.7. The summed E-state index contributed by atoms with van der Waals surface area (Å²) in [6.45, 7) is 5.73. The van der Waals surface area contributed by atoms with Crippen molar-refractivity contribution in [1.82, 2.24) is 10.2 Å². The fraction of sp³-hybridized carbons (Fsp3) is 0.300. The number of aliphatic hydroxyl groups excluding tert-OH is 1. The second kappa shape index (κ2) is 17.6. The van der Waals surface area contributed by atoms with Crippen LogP contribution in [0.4, 0.5) is 11.4 Å². The summed E-state index contributed by atoms with van der Waals surface area (Å²) in [4.78, 5) is 27.2. The van der Waals surface area contributed by atoms with Crippen molar-refractivity contribution in [2.45, 2.75) is 57.3 Å². The summed E-state index contributed by atoms with van der Waals surface area (Å²) in [5, 5.41) is 15.3. The molecule has 0 aromatic heterocycles. The number of carbonyl (C=O) groups is 2. The molecular weight excluding hydrogens is 616 g/mol. The summed E-state index contributed by atoms with van der Waals surface area (Å²) in [5.74, 6) is -0.288. The number of likely N-dealkylation sites (N-methyl/N-ethyl adjacent to an activating group) is 1. The highest BCUT2D eigenvalue weighted by Crippen LogP contribution is 2.38. The Hall–Kier alpha value is -4.80. The lowest BCUT2D eigenvalue weighted by molar-refractivity contribution is -0.252. The maximum Gasteiger partial charge on any atom is 0.224 e. The molecule has 1 aliphatic heterocycles. The molecule has 1 heterocycles. The molecule has 3 atom stereocenters. The molecule has 5 rings (SSSR count). The molecule has 0 bridgehead atoms. The minimum atomic E-state index is -0.547. The molecule has 2 amide bonds. The fourth-order valence-corrected chi connectivity index (χ4v) is 5.97. The van der Waals surface area contributed by atoms with Crippen LogP contribution in [0.15, 0.2) is 110 Å². The first-order valence-corrected chi connectivity index (χ1v) is 16.7. The molecule has 0 saturated carbocycles. The van der Waals surface area contributed by atoms with Gasteiger partial charge in [-0.3, -0.25) is 9.59 Å². The number of hydrogen-bond acceptors (Lipinski definition) is 7. The van der Waals surface area contributed by atoms with Gasteiger partial charge in [-0.1, -0.05) is 91.0 Å². The minimum Gasteiger partial charge on any atom is -0.397 e. The molecule has 4 aromatic carbocycles. The van der Waals surface area contributed by atoms with E-state index in [1.54, 1.807) is 12.1 Å². The Labute approximate surface area is 288 Å². The molecule has 9 nitrogen and oxygen atoms in total. The summed E-state index contributed by atoms with van der Waals surface area (Å²) < 4.78 is 13.0. The largest absolute Gasteiger partial charge is 0.397 e. The van der Waals surface area contributed by atoms with E-state index in [9.17, 15) is 14.7 Å². The van der Waals surface area contributed by atoms with Crippen LogP contribution in [0.2, 0.25) is 0 Å². The SMILES string of the molecule is C=CCN(C)C[C@H]1C[C@@H](c2ccc(CO)cc2)O[C@@H](c2ccc(-c3ccccc3CNC(=O)CCCC(=O)Nc3ccccc3N)cc2)O1. The van der Waals surface area contributed by atoms with Gasteiger partial charge in [0.2, 0.25) is 11.8 Å². The number of ether oxygens (including phenoxy) is 2. The first-order chi connectivity index (χ1) is 23.8. The van der Waals surface area contributed by atoms with Gasteiger partial charge >= 0.3 is 0 Å². The third kappa shape index (κ3) is 10.1. The first-order valence-electron chi connectivity index (χ1n) is 16.7. The Morgan fingerprint density at radius 3 is 2.35 bits per heavy atom. The maximum absolute atomic E-state index is 12.7. The summed E-state index contributed by atoms with van der Waals surface area (Å²) in [7, 11) is 2.05. The van der Waals surface area contributed by atoms with Crippen molar-refractivity contribution in [2.24, 2.45) is 0 Å². The average Bonchev–Trinajstić information content (AvgIpc) is 3.12. The number of nitrogens with zero attached hydrogens (tertiary/aromatic N) is 1. The number of benzene rings is 4. The zero-order chi connectivity index (χ0) is 34.6. The second-order valence-electron chi connectivity index (χ2n) is 12.4. The molecule has 0 unspecified atom stereocenters.